The number of rotatable bonds is 6. The van der Waals surface area contributed by atoms with Gasteiger partial charge in [0.15, 0.2) is 0 Å². The summed E-state index contributed by atoms with van der Waals surface area (Å²) in [6.45, 7) is 5.03. The van der Waals surface area contributed by atoms with Crippen LogP contribution in [0.15, 0.2) is 18.2 Å². The molecule has 0 aromatic heterocycles. The van der Waals surface area contributed by atoms with E-state index in [1.165, 1.54) is 18.4 Å². The topological polar surface area (TPSA) is 39.1 Å². The van der Waals surface area contributed by atoms with Gasteiger partial charge in [0, 0.05) is 19.6 Å². The highest BCUT2D eigenvalue weighted by molar-refractivity contribution is 5.60. The molecule has 18 heavy (non-hydrogen) atoms. The molecule has 1 aromatic rings. The van der Waals surface area contributed by atoms with Crippen molar-refractivity contribution in [1.82, 2.24) is 5.32 Å². The molecule has 0 bridgehead atoms. The molecule has 0 atom stereocenters. The summed E-state index contributed by atoms with van der Waals surface area (Å²) in [6, 6.07) is 8.54. The van der Waals surface area contributed by atoms with E-state index in [-0.39, 0.29) is 0 Å². The van der Waals surface area contributed by atoms with Crippen LogP contribution in [0.25, 0.3) is 0 Å². The van der Waals surface area contributed by atoms with Crippen LogP contribution in [-0.4, -0.2) is 20.1 Å². The monoisotopic (exact) mass is 243 g/mol. The molecule has 1 fully saturated rings. The molecule has 3 heteroatoms. The van der Waals surface area contributed by atoms with Gasteiger partial charge in [-0.2, -0.15) is 5.26 Å². The van der Waals surface area contributed by atoms with Gasteiger partial charge in [0.25, 0.3) is 0 Å². The van der Waals surface area contributed by atoms with Crippen LogP contribution in [0, 0.1) is 17.2 Å². The van der Waals surface area contributed by atoms with Gasteiger partial charge in [0.2, 0.25) is 0 Å². The lowest BCUT2D eigenvalue weighted by atomic mass is 10.1. The van der Waals surface area contributed by atoms with Crippen molar-refractivity contribution in [2.75, 3.05) is 25.0 Å². The fourth-order valence-electron chi connectivity index (χ4n) is 2.27. The van der Waals surface area contributed by atoms with E-state index in [0.717, 1.165) is 36.8 Å². The third-order valence-corrected chi connectivity index (χ3v) is 3.46. The summed E-state index contributed by atoms with van der Waals surface area (Å²) in [5.41, 5.74) is 3.05. The van der Waals surface area contributed by atoms with Gasteiger partial charge in [0.05, 0.1) is 11.3 Å². The van der Waals surface area contributed by atoms with Crippen LogP contribution < -0.4 is 10.2 Å². The minimum absolute atomic E-state index is 0.797. The van der Waals surface area contributed by atoms with E-state index in [1.54, 1.807) is 0 Å². The van der Waals surface area contributed by atoms with Crippen LogP contribution in [0.4, 0.5) is 5.69 Å². The van der Waals surface area contributed by atoms with Crippen LogP contribution in [0.5, 0.6) is 0 Å². The molecular weight excluding hydrogens is 222 g/mol. The molecule has 1 aliphatic rings. The van der Waals surface area contributed by atoms with Crippen LogP contribution in [-0.2, 0) is 6.54 Å². The van der Waals surface area contributed by atoms with Crippen LogP contribution in [0.2, 0.25) is 0 Å². The smallest absolute Gasteiger partial charge is 0.101 e. The summed E-state index contributed by atoms with van der Waals surface area (Å²) >= 11 is 0. The standard InChI is InChI=1S/C15H21N3/c1-3-18(11-12-4-5-12)15-7-6-13(10-17-2)8-14(15)9-16/h6-8,12,17H,3-5,10-11H2,1-2H3. The average molecular weight is 243 g/mol. The molecular formula is C15H21N3. The van der Waals surface area contributed by atoms with Gasteiger partial charge in [-0.1, -0.05) is 6.07 Å². The van der Waals surface area contributed by atoms with Crippen molar-refractivity contribution in [2.45, 2.75) is 26.3 Å². The second-order valence-electron chi connectivity index (χ2n) is 4.98. The molecule has 0 unspecified atom stereocenters. The molecule has 0 spiro atoms. The number of benzene rings is 1. The fourth-order valence-corrected chi connectivity index (χ4v) is 2.27. The van der Waals surface area contributed by atoms with E-state index < -0.39 is 0 Å². The summed E-state index contributed by atoms with van der Waals surface area (Å²) in [7, 11) is 1.92. The Labute approximate surface area is 109 Å². The molecule has 2 rings (SSSR count). The number of hydrogen-bond donors (Lipinski definition) is 1. The zero-order valence-corrected chi connectivity index (χ0v) is 11.2. The van der Waals surface area contributed by atoms with Crippen molar-refractivity contribution in [3.05, 3.63) is 29.3 Å². The van der Waals surface area contributed by atoms with Crippen molar-refractivity contribution < 1.29 is 0 Å². The first kappa shape index (κ1) is 12.9. The van der Waals surface area contributed by atoms with E-state index in [9.17, 15) is 5.26 Å². The minimum Gasteiger partial charge on any atom is -0.370 e. The van der Waals surface area contributed by atoms with Crippen LogP contribution in [0.1, 0.15) is 30.9 Å². The highest BCUT2D eigenvalue weighted by Crippen LogP contribution is 2.32. The number of nitrogens with zero attached hydrogens (tertiary/aromatic N) is 2. The molecule has 96 valence electrons. The molecule has 0 heterocycles. The molecule has 0 radical (unpaired) electrons. The van der Waals surface area contributed by atoms with Crippen molar-refractivity contribution in [2.24, 2.45) is 5.92 Å². The molecule has 0 saturated heterocycles. The molecule has 3 nitrogen and oxygen atoms in total. The van der Waals surface area contributed by atoms with Gasteiger partial charge in [-0.05, 0) is 50.4 Å². The van der Waals surface area contributed by atoms with E-state index in [4.69, 9.17) is 0 Å². The van der Waals surface area contributed by atoms with Crippen molar-refractivity contribution in [3.8, 4) is 6.07 Å². The minimum atomic E-state index is 0.797. The zero-order chi connectivity index (χ0) is 13.0. The fraction of sp³-hybridized carbons (Fsp3) is 0.533. The predicted octanol–water partition coefficient (Wildman–Crippen LogP) is 2.51. The van der Waals surface area contributed by atoms with E-state index in [2.05, 4.69) is 35.3 Å². The van der Waals surface area contributed by atoms with Gasteiger partial charge in [-0.25, -0.2) is 0 Å². The normalized spacial score (nSPS) is 14.3. The van der Waals surface area contributed by atoms with Crippen LogP contribution in [0.3, 0.4) is 0 Å². The largest absolute Gasteiger partial charge is 0.370 e. The third-order valence-electron chi connectivity index (χ3n) is 3.46. The van der Waals surface area contributed by atoms with Crippen molar-refractivity contribution in [1.29, 1.82) is 5.26 Å². The Morgan fingerprint density at radius 1 is 1.44 bits per heavy atom. The summed E-state index contributed by atoms with van der Waals surface area (Å²) in [5, 5.41) is 12.4. The van der Waals surface area contributed by atoms with Gasteiger partial charge in [0.1, 0.15) is 6.07 Å². The van der Waals surface area contributed by atoms with Crippen molar-refractivity contribution >= 4 is 5.69 Å². The average Bonchev–Trinajstić information content (AvgIpc) is 3.20. The summed E-state index contributed by atoms with van der Waals surface area (Å²) in [6.07, 6.45) is 2.69. The Morgan fingerprint density at radius 3 is 2.78 bits per heavy atom. The number of nitriles is 1. The van der Waals surface area contributed by atoms with Crippen molar-refractivity contribution in [3.63, 3.8) is 0 Å². The molecule has 0 aliphatic heterocycles. The Hall–Kier alpha value is -1.53. The quantitative estimate of drug-likeness (QED) is 0.834. The third kappa shape index (κ3) is 3.02. The lowest BCUT2D eigenvalue weighted by molar-refractivity contribution is 0.740. The first-order valence-corrected chi connectivity index (χ1v) is 6.71. The van der Waals surface area contributed by atoms with Gasteiger partial charge >= 0.3 is 0 Å². The lowest BCUT2D eigenvalue weighted by Gasteiger charge is -2.24. The Kier molecular flexibility index (Phi) is 4.22. The second kappa shape index (κ2) is 5.88. The summed E-state index contributed by atoms with van der Waals surface area (Å²) in [4.78, 5) is 2.33. The highest BCUT2D eigenvalue weighted by atomic mass is 15.1. The maximum atomic E-state index is 9.31. The first-order valence-electron chi connectivity index (χ1n) is 6.71. The van der Waals surface area contributed by atoms with E-state index in [1.807, 2.05) is 13.1 Å². The SMILES string of the molecule is CCN(CC1CC1)c1ccc(CNC)cc1C#N. The molecule has 1 saturated carbocycles. The number of hydrogen-bond acceptors (Lipinski definition) is 3. The molecule has 1 aromatic carbocycles. The molecule has 1 N–H and O–H groups in total. The molecule has 0 amide bonds. The zero-order valence-electron chi connectivity index (χ0n) is 11.2. The lowest BCUT2D eigenvalue weighted by Crippen LogP contribution is -2.26. The summed E-state index contributed by atoms with van der Waals surface area (Å²) in [5.74, 6) is 0.841. The van der Waals surface area contributed by atoms with Gasteiger partial charge < -0.3 is 10.2 Å². The first-order chi connectivity index (χ1) is 8.78. The Bertz CT molecular complexity index is 444. The Morgan fingerprint density at radius 2 is 2.22 bits per heavy atom. The van der Waals surface area contributed by atoms with Gasteiger partial charge in [-0.3, -0.25) is 0 Å². The molecule has 1 aliphatic carbocycles. The van der Waals surface area contributed by atoms with E-state index in [0.29, 0.717) is 0 Å². The maximum absolute atomic E-state index is 9.31. The maximum Gasteiger partial charge on any atom is 0.101 e. The van der Waals surface area contributed by atoms with Crippen LogP contribution >= 0.6 is 0 Å². The second-order valence-corrected chi connectivity index (χ2v) is 4.98. The summed E-state index contributed by atoms with van der Waals surface area (Å²) < 4.78 is 0. The number of nitrogens with one attached hydrogen (secondary N) is 1. The highest BCUT2D eigenvalue weighted by Gasteiger charge is 2.24. The predicted molar refractivity (Wildman–Crippen MR) is 74.5 cm³/mol. The number of anilines is 1. The Balaban J connectivity index is 2.21. The van der Waals surface area contributed by atoms with Gasteiger partial charge in [-0.15, -0.1) is 0 Å². The van der Waals surface area contributed by atoms with E-state index >= 15 is 0 Å².